The Bertz CT molecular complexity index is 533. The van der Waals surface area contributed by atoms with Crippen LogP contribution in [0.15, 0.2) is 12.1 Å². The van der Waals surface area contributed by atoms with E-state index >= 15 is 0 Å². The van der Waals surface area contributed by atoms with E-state index in [9.17, 15) is 19.1 Å². The van der Waals surface area contributed by atoms with Crippen molar-refractivity contribution in [3.63, 3.8) is 0 Å². The maximum Gasteiger partial charge on any atom is 0.326 e. The predicted molar refractivity (Wildman–Crippen MR) is 72.2 cm³/mol. The van der Waals surface area contributed by atoms with Gasteiger partial charge in [-0.05, 0) is 56.4 Å². The maximum atomic E-state index is 13.6. The second kappa shape index (κ2) is 5.61. The highest BCUT2D eigenvalue weighted by atomic mass is 19.1. The molecule has 1 aromatic carbocycles. The van der Waals surface area contributed by atoms with Gasteiger partial charge in [0.15, 0.2) is 0 Å². The normalized spacial score (nSPS) is 18.9. The molecule has 1 aliphatic rings. The zero-order valence-electron chi connectivity index (χ0n) is 11.6. The summed E-state index contributed by atoms with van der Waals surface area (Å²) < 4.78 is 13.6. The standard InChI is InChI=1S/C15H18FNO3/c1-9-7-11(8-10(2)13(9)16)14(18)17-6-4-3-5-12(17)15(19)20/h7-8,12H,3-6H2,1-2H3,(H,19,20). The van der Waals surface area contributed by atoms with Crippen molar-refractivity contribution in [2.45, 2.75) is 39.2 Å². The van der Waals surface area contributed by atoms with Gasteiger partial charge in [-0.3, -0.25) is 4.79 Å². The van der Waals surface area contributed by atoms with Crippen LogP contribution in [0.25, 0.3) is 0 Å². The van der Waals surface area contributed by atoms with Gasteiger partial charge in [0.25, 0.3) is 5.91 Å². The fraction of sp³-hybridized carbons (Fsp3) is 0.467. The minimum atomic E-state index is -0.978. The molecule has 1 amide bonds. The largest absolute Gasteiger partial charge is 0.480 e. The van der Waals surface area contributed by atoms with E-state index in [1.807, 2.05) is 0 Å². The zero-order valence-corrected chi connectivity index (χ0v) is 11.6. The van der Waals surface area contributed by atoms with Crippen LogP contribution in [0, 0.1) is 19.7 Å². The third-order valence-corrected chi connectivity index (χ3v) is 3.73. The molecule has 1 aliphatic heterocycles. The molecule has 1 atom stereocenters. The summed E-state index contributed by atoms with van der Waals surface area (Å²) >= 11 is 0. The molecule has 0 radical (unpaired) electrons. The Morgan fingerprint density at radius 3 is 2.40 bits per heavy atom. The molecule has 4 nitrogen and oxygen atoms in total. The van der Waals surface area contributed by atoms with Gasteiger partial charge < -0.3 is 10.0 Å². The lowest BCUT2D eigenvalue weighted by molar-refractivity contribution is -0.143. The number of hydrogen-bond donors (Lipinski definition) is 1. The molecule has 1 saturated heterocycles. The molecule has 0 spiro atoms. The second-order valence-corrected chi connectivity index (χ2v) is 5.27. The van der Waals surface area contributed by atoms with Gasteiger partial charge in [-0.15, -0.1) is 0 Å². The summed E-state index contributed by atoms with van der Waals surface area (Å²) in [4.78, 5) is 25.1. The van der Waals surface area contributed by atoms with E-state index in [0.29, 0.717) is 29.7 Å². The van der Waals surface area contributed by atoms with Crippen molar-refractivity contribution in [2.24, 2.45) is 0 Å². The second-order valence-electron chi connectivity index (χ2n) is 5.27. The average Bonchev–Trinajstić information content (AvgIpc) is 2.43. The van der Waals surface area contributed by atoms with Crippen LogP contribution in [0.2, 0.25) is 0 Å². The van der Waals surface area contributed by atoms with Crippen LogP contribution in [0.5, 0.6) is 0 Å². The first kappa shape index (κ1) is 14.5. The fourth-order valence-corrected chi connectivity index (χ4v) is 2.67. The number of piperidine rings is 1. The number of aliphatic carboxylic acids is 1. The van der Waals surface area contributed by atoms with Crippen molar-refractivity contribution in [1.82, 2.24) is 4.90 Å². The monoisotopic (exact) mass is 279 g/mol. The highest BCUT2D eigenvalue weighted by Gasteiger charge is 2.32. The smallest absolute Gasteiger partial charge is 0.326 e. The van der Waals surface area contributed by atoms with E-state index in [1.54, 1.807) is 13.8 Å². The molecule has 1 fully saturated rings. The van der Waals surface area contributed by atoms with Gasteiger partial charge in [-0.1, -0.05) is 0 Å². The molecule has 0 saturated carbocycles. The van der Waals surface area contributed by atoms with Crippen molar-refractivity contribution < 1.29 is 19.1 Å². The minimum Gasteiger partial charge on any atom is -0.480 e. The summed E-state index contributed by atoms with van der Waals surface area (Å²) in [5, 5.41) is 9.20. The number of amides is 1. The topological polar surface area (TPSA) is 57.6 Å². The fourth-order valence-electron chi connectivity index (χ4n) is 2.67. The molecular formula is C15H18FNO3. The van der Waals surface area contributed by atoms with Crippen LogP contribution < -0.4 is 0 Å². The zero-order chi connectivity index (χ0) is 14.9. The lowest BCUT2D eigenvalue weighted by atomic mass is 9.99. The van der Waals surface area contributed by atoms with E-state index in [0.717, 1.165) is 12.8 Å². The molecule has 1 N–H and O–H groups in total. The number of aryl methyl sites for hydroxylation is 2. The number of benzene rings is 1. The summed E-state index contributed by atoms with van der Waals surface area (Å²) in [6.45, 7) is 3.64. The van der Waals surface area contributed by atoms with Gasteiger partial charge in [0.1, 0.15) is 11.9 Å². The number of hydrogen-bond acceptors (Lipinski definition) is 2. The van der Waals surface area contributed by atoms with Gasteiger partial charge in [-0.25, -0.2) is 9.18 Å². The summed E-state index contributed by atoms with van der Waals surface area (Å²) in [6.07, 6.45) is 2.08. The number of nitrogens with zero attached hydrogens (tertiary/aromatic N) is 1. The third-order valence-electron chi connectivity index (χ3n) is 3.73. The van der Waals surface area contributed by atoms with Gasteiger partial charge >= 0.3 is 5.97 Å². The Kier molecular flexibility index (Phi) is 4.06. The van der Waals surface area contributed by atoms with E-state index < -0.39 is 12.0 Å². The van der Waals surface area contributed by atoms with Crippen LogP contribution in [0.1, 0.15) is 40.7 Å². The number of likely N-dealkylation sites (tertiary alicyclic amines) is 1. The van der Waals surface area contributed by atoms with Crippen LogP contribution in [0.4, 0.5) is 4.39 Å². The van der Waals surface area contributed by atoms with Crippen molar-refractivity contribution in [2.75, 3.05) is 6.54 Å². The van der Waals surface area contributed by atoms with Crippen LogP contribution in [-0.2, 0) is 4.79 Å². The first-order chi connectivity index (χ1) is 9.41. The van der Waals surface area contributed by atoms with Crippen LogP contribution in [-0.4, -0.2) is 34.5 Å². The highest BCUT2D eigenvalue weighted by Crippen LogP contribution is 2.22. The van der Waals surface area contributed by atoms with Crippen LogP contribution >= 0.6 is 0 Å². The molecule has 1 heterocycles. The average molecular weight is 279 g/mol. The third kappa shape index (κ3) is 2.66. The van der Waals surface area contributed by atoms with Crippen molar-refractivity contribution >= 4 is 11.9 Å². The van der Waals surface area contributed by atoms with Crippen molar-refractivity contribution in [3.05, 3.63) is 34.6 Å². The molecule has 1 unspecified atom stereocenters. The summed E-state index contributed by atoms with van der Waals surface area (Å²) in [6, 6.07) is 2.19. The number of carboxylic acids is 1. The number of carbonyl (C=O) groups excluding carboxylic acids is 1. The van der Waals surface area contributed by atoms with E-state index in [2.05, 4.69) is 0 Å². The van der Waals surface area contributed by atoms with Crippen LogP contribution in [0.3, 0.4) is 0 Å². The lowest BCUT2D eigenvalue weighted by Crippen LogP contribution is -2.48. The van der Waals surface area contributed by atoms with Gasteiger partial charge in [0.2, 0.25) is 0 Å². The molecule has 108 valence electrons. The molecule has 5 heteroatoms. The predicted octanol–water partition coefficient (Wildman–Crippen LogP) is 2.52. The number of carbonyl (C=O) groups is 2. The summed E-state index contributed by atoms with van der Waals surface area (Å²) in [7, 11) is 0. The molecule has 20 heavy (non-hydrogen) atoms. The Morgan fingerprint density at radius 1 is 1.25 bits per heavy atom. The number of rotatable bonds is 2. The minimum absolute atomic E-state index is 0.324. The van der Waals surface area contributed by atoms with E-state index in [-0.39, 0.29) is 11.7 Å². The number of halogens is 1. The highest BCUT2D eigenvalue weighted by molar-refractivity contribution is 5.97. The van der Waals surface area contributed by atoms with E-state index in [4.69, 9.17) is 0 Å². The quantitative estimate of drug-likeness (QED) is 0.905. The first-order valence-electron chi connectivity index (χ1n) is 6.72. The molecule has 0 bridgehead atoms. The maximum absolute atomic E-state index is 13.6. The van der Waals surface area contributed by atoms with Crippen molar-refractivity contribution in [1.29, 1.82) is 0 Å². The Labute approximate surface area is 117 Å². The Balaban J connectivity index is 2.32. The molecular weight excluding hydrogens is 261 g/mol. The van der Waals surface area contributed by atoms with Gasteiger partial charge in [0.05, 0.1) is 0 Å². The summed E-state index contributed by atoms with van der Waals surface area (Å²) in [5.41, 5.74) is 1.16. The Morgan fingerprint density at radius 2 is 1.85 bits per heavy atom. The Hall–Kier alpha value is -1.91. The molecule has 2 rings (SSSR count). The van der Waals surface area contributed by atoms with Gasteiger partial charge in [-0.2, -0.15) is 0 Å². The first-order valence-corrected chi connectivity index (χ1v) is 6.72. The summed E-state index contributed by atoms with van der Waals surface area (Å²) in [5.74, 6) is -1.63. The molecule has 0 aliphatic carbocycles. The van der Waals surface area contributed by atoms with Gasteiger partial charge in [0, 0.05) is 12.1 Å². The number of carboxylic acid groups (broad SMARTS) is 1. The lowest BCUT2D eigenvalue weighted by Gasteiger charge is -2.33. The molecule has 1 aromatic rings. The SMILES string of the molecule is Cc1cc(C(=O)N2CCCCC2C(=O)O)cc(C)c1F. The van der Waals surface area contributed by atoms with Crippen molar-refractivity contribution in [3.8, 4) is 0 Å². The molecule has 0 aromatic heterocycles. The van der Waals surface area contributed by atoms with E-state index in [1.165, 1.54) is 17.0 Å².